The maximum absolute atomic E-state index is 12.1. The lowest BCUT2D eigenvalue weighted by molar-refractivity contribution is -0.118. The number of amides is 1. The molecule has 29 heavy (non-hydrogen) atoms. The van der Waals surface area contributed by atoms with Gasteiger partial charge in [0.05, 0.1) is 10.0 Å². The molecule has 0 aliphatic rings. The number of hydrogen-bond acceptors (Lipinski definition) is 6. The fraction of sp³-hybridized carbons (Fsp3) is 0.0500. The molecular weight excluding hydrogens is 433 g/mol. The smallest absolute Gasteiger partial charge is 0.264 e. The Morgan fingerprint density at radius 1 is 0.966 bits per heavy atom. The third-order valence-corrected chi connectivity index (χ3v) is 5.32. The van der Waals surface area contributed by atoms with E-state index in [1.165, 1.54) is 11.3 Å². The van der Waals surface area contributed by atoms with Crippen LogP contribution in [0.25, 0.3) is 22.1 Å². The van der Waals surface area contributed by atoms with E-state index in [1.54, 1.807) is 36.4 Å². The minimum atomic E-state index is -0.371. The van der Waals surface area contributed by atoms with Crippen LogP contribution >= 0.6 is 34.5 Å². The molecule has 0 saturated heterocycles. The van der Waals surface area contributed by atoms with Crippen LogP contribution in [-0.4, -0.2) is 22.7 Å². The molecule has 9 heteroatoms. The first-order valence-electron chi connectivity index (χ1n) is 8.46. The van der Waals surface area contributed by atoms with Gasteiger partial charge >= 0.3 is 0 Å². The summed E-state index contributed by atoms with van der Waals surface area (Å²) in [5.41, 5.74) is 0.787. The zero-order valence-corrected chi connectivity index (χ0v) is 17.1. The molecule has 0 aliphatic heterocycles. The molecule has 6 nitrogen and oxygen atoms in total. The highest BCUT2D eigenvalue weighted by Crippen LogP contribution is 2.34. The molecule has 0 spiro atoms. The highest BCUT2D eigenvalue weighted by molar-refractivity contribution is 7.18. The van der Waals surface area contributed by atoms with Crippen molar-refractivity contribution in [2.75, 3.05) is 11.9 Å². The van der Waals surface area contributed by atoms with Gasteiger partial charge in [-0.1, -0.05) is 58.8 Å². The molecule has 1 N–H and O–H groups in total. The Hall–Kier alpha value is -2.87. The molecule has 2 heterocycles. The molecule has 0 unspecified atom stereocenters. The maximum atomic E-state index is 12.1. The van der Waals surface area contributed by atoms with E-state index in [0.717, 1.165) is 5.56 Å². The topological polar surface area (TPSA) is 77.2 Å². The van der Waals surface area contributed by atoms with Crippen LogP contribution in [-0.2, 0) is 4.79 Å². The Kier molecular flexibility index (Phi) is 5.80. The number of rotatable bonds is 6. The Bertz CT molecular complexity index is 1160. The van der Waals surface area contributed by atoms with Crippen LogP contribution in [0, 0.1) is 0 Å². The highest BCUT2D eigenvalue weighted by Gasteiger charge is 2.15. The Labute approximate surface area is 180 Å². The summed E-state index contributed by atoms with van der Waals surface area (Å²) in [5.74, 6) is 1.22. The number of benzene rings is 2. The Morgan fingerprint density at radius 3 is 2.48 bits per heavy atom. The second-order valence-corrected chi connectivity index (χ2v) is 7.62. The van der Waals surface area contributed by atoms with Crippen LogP contribution in [0.5, 0.6) is 5.75 Å². The summed E-state index contributed by atoms with van der Waals surface area (Å²) >= 11 is 13.4. The third kappa shape index (κ3) is 4.59. The summed E-state index contributed by atoms with van der Waals surface area (Å²) in [4.78, 5) is 12.1. The monoisotopic (exact) mass is 445 g/mol. The number of carbonyl (C=O) groups excluding carboxylic acids is 1. The minimum Gasteiger partial charge on any atom is -0.482 e. The third-order valence-electron chi connectivity index (χ3n) is 3.82. The summed E-state index contributed by atoms with van der Waals surface area (Å²) in [7, 11) is 0. The van der Waals surface area contributed by atoms with Crippen LogP contribution in [0.1, 0.15) is 0 Å². The van der Waals surface area contributed by atoms with Gasteiger partial charge in [-0.15, -0.1) is 10.2 Å². The lowest BCUT2D eigenvalue weighted by Crippen LogP contribution is -2.20. The molecule has 1 amide bonds. The van der Waals surface area contributed by atoms with Gasteiger partial charge in [0, 0.05) is 5.56 Å². The number of halogens is 2. The SMILES string of the molecule is O=C(COc1ccccc1Cl)Nc1nnc(-c2ccc(-c3ccccc3Cl)o2)s1. The summed E-state index contributed by atoms with van der Waals surface area (Å²) in [6, 6.07) is 17.9. The zero-order chi connectivity index (χ0) is 20.2. The second kappa shape index (κ2) is 8.65. The number of anilines is 1. The van der Waals surface area contributed by atoms with E-state index in [0.29, 0.717) is 37.5 Å². The first kappa shape index (κ1) is 19.4. The molecule has 0 radical (unpaired) electrons. The number of para-hydroxylation sites is 1. The van der Waals surface area contributed by atoms with Crippen molar-refractivity contribution in [1.82, 2.24) is 10.2 Å². The number of carbonyl (C=O) groups is 1. The van der Waals surface area contributed by atoms with Gasteiger partial charge in [-0.3, -0.25) is 10.1 Å². The quantitative estimate of drug-likeness (QED) is 0.406. The lowest BCUT2D eigenvalue weighted by atomic mass is 10.2. The van der Waals surface area contributed by atoms with Gasteiger partial charge in [0.15, 0.2) is 17.4 Å². The number of ether oxygens (including phenoxy) is 1. The number of hydrogen-bond donors (Lipinski definition) is 1. The zero-order valence-electron chi connectivity index (χ0n) is 14.8. The molecule has 4 aromatic rings. The molecule has 0 atom stereocenters. The van der Waals surface area contributed by atoms with Crippen LogP contribution in [0.15, 0.2) is 65.1 Å². The molecule has 0 aliphatic carbocycles. The van der Waals surface area contributed by atoms with Gasteiger partial charge in [0.25, 0.3) is 5.91 Å². The molecule has 2 aromatic heterocycles. The summed E-state index contributed by atoms with van der Waals surface area (Å²) in [5, 5.41) is 12.6. The Balaban J connectivity index is 1.40. The largest absolute Gasteiger partial charge is 0.482 e. The van der Waals surface area contributed by atoms with E-state index >= 15 is 0 Å². The second-order valence-electron chi connectivity index (χ2n) is 5.82. The van der Waals surface area contributed by atoms with Crippen molar-refractivity contribution in [3.05, 3.63) is 70.7 Å². The number of aromatic nitrogens is 2. The van der Waals surface area contributed by atoms with E-state index < -0.39 is 0 Å². The van der Waals surface area contributed by atoms with Crippen molar-refractivity contribution < 1.29 is 13.9 Å². The van der Waals surface area contributed by atoms with Crippen molar-refractivity contribution in [3.63, 3.8) is 0 Å². The standard InChI is InChI=1S/C20H13Cl2N3O3S/c21-13-6-2-1-5-12(13)15-9-10-17(28-15)19-24-25-20(29-19)23-18(26)11-27-16-8-4-3-7-14(16)22/h1-10H,11H2,(H,23,25,26). The van der Waals surface area contributed by atoms with Gasteiger partial charge in [-0.25, -0.2) is 0 Å². The molecule has 2 aromatic carbocycles. The van der Waals surface area contributed by atoms with Crippen LogP contribution in [0.3, 0.4) is 0 Å². The van der Waals surface area contributed by atoms with E-state index in [4.69, 9.17) is 32.4 Å². The predicted molar refractivity (Wildman–Crippen MR) is 114 cm³/mol. The van der Waals surface area contributed by atoms with Crippen molar-refractivity contribution in [2.45, 2.75) is 0 Å². The molecule has 4 rings (SSSR count). The van der Waals surface area contributed by atoms with Crippen molar-refractivity contribution >= 4 is 45.6 Å². The summed E-state index contributed by atoms with van der Waals surface area (Å²) in [6.45, 7) is -0.198. The number of nitrogens with one attached hydrogen (secondary N) is 1. The maximum Gasteiger partial charge on any atom is 0.264 e. The molecular formula is C20H13Cl2N3O3S. The summed E-state index contributed by atoms with van der Waals surface area (Å²) < 4.78 is 11.3. The summed E-state index contributed by atoms with van der Waals surface area (Å²) in [6.07, 6.45) is 0. The van der Waals surface area contributed by atoms with Gasteiger partial charge in [0.2, 0.25) is 5.13 Å². The van der Waals surface area contributed by atoms with E-state index in [-0.39, 0.29) is 12.5 Å². The van der Waals surface area contributed by atoms with Crippen molar-refractivity contribution in [3.8, 4) is 27.8 Å². The number of nitrogens with zero attached hydrogens (tertiary/aromatic N) is 2. The average molecular weight is 446 g/mol. The van der Waals surface area contributed by atoms with Crippen molar-refractivity contribution in [2.24, 2.45) is 0 Å². The number of furan rings is 1. The van der Waals surface area contributed by atoms with E-state index in [2.05, 4.69) is 15.5 Å². The first-order valence-corrected chi connectivity index (χ1v) is 10.0. The lowest BCUT2D eigenvalue weighted by Gasteiger charge is -2.06. The molecule has 0 bridgehead atoms. The van der Waals surface area contributed by atoms with Crippen molar-refractivity contribution in [1.29, 1.82) is 0 Å². The van der Waals surface area contributed by atoms with Gasteiger partial charge in [-0.2, -0.15) is 0 Å². The van der Waals surface area contributed by atoms with Crippen LogP contribution in [0.4, 0.5) is 5.13 Å². The van der Waals surface area contributed by atoms with E-state index in [9.17, 15) is 4.79 Å². The fourth-order valence-corrected chi connectivity index (χ4v) is 3.63. The van der Waals surface area contributed by atoms with Gasteiger partial charge in [0.1, 0.15) is 11.5 Å². The van der Waals surface area contributed by atoms with Gasteiger partial charge < -0.3 is 9.15 Å². The first-order chi connectivity index (χ1) is 14.1. The van der Waals surface area contributed by atoms with Gasteiger partial charge in [-0.05, 0) is 36.4 Å². The molecule has 146 valence electrons. The van der Waals surface area contributed by atoms with E-state index in [1.807, 2.05) is 24.3 Å². The normalized spacial score (nSPS) is 10.7. The minimum absolute atomic E-state index is 0.198. The molecule has 0 fully saturated rings. The highest BCUT2D eigenvalue weighted by atomic mass is 35.5. The average Bonchev–Trinajstić information content (AvgIpc) is 3.37. The van der Waals surface area contributed by atoms with Crippen LogP contribution in [0.2, 0.25) is 10.0 Å². The predicted octanol–water partition coefficient (Wildman–Crippen LogP) is 5.79. The molecule has 0 saturated carbocycles. The van der Waals surface area contributed by atoms with Crippen LogP contribution < -0.4 is 10.1 Å². The fourth-order valence-electron chi connectivity index (χ4n) is 2.49. The Morgan fingerprint density at radius 2 is 1.69 bits per heavy atom.